The molecule has 152 valence electrons. The molecular weight excluding hydrogens is 392 g/mol. The average molecular weight is 413 g/mol. The van der Waals surface area contributed by atoms with Crippen LogP contribution in [0.4, 0.5) is 13.9 Å². The fourth-order valence-electron chi connectivity index (χ4n) is 2.66. The highest BCUT2D eigenvalue weighted by Crippen LogP contribution is 2.36. The van der Waals surface area contributed by atoms with Crippen LogP contribution in [0.5, 0.6) is 5.75 Å². The monoisotopic (exact) mass is 413 g/mol. The molecule has 1 amide bonds. The Morgan fingerprint density at radius 1 is 1.25 bits per heavy atom. The van der Waals surface area contributed by atoms with Crippen molar-refractivity contribution in [2.75, 3.05) is 57.6 Å². The van der Waals surface area contributed by atoms with E-state index in [1.807, 2.05) is 0 Å². The lowest BCUT2D eigenvalue weighted by Crippen LogP contribution is -2.36. The van der Waals surface area contributed by atoms with Crippen molar-refractivity contribution in [1.82, 2.24) is 10.3 Å². The highest BCUT2D eigenvalue weighted by atomic mass is 32.1. The topological polar surface area (TPSA) is 72.9 Å². The van der Waals surface area contributed by atoms with Gasteiger partial charge in [0.05, 0.1) is 32.1 Å². The van der Waals surface area contributed by atoms with Crippen LogP contribution in [-0.4, -0.2) is 64.1 Å². The molecule has 1 aliphatic rings. The molecule has 28 heavy (non-hydrogen) atoms. The molecule has 2 aromatic rings. The SMILES string of the molecule is O=CNCCOCCOc1c(-c2csc(N3CCOCC3)n2)ccc(F)c1F. The van der Waals surface area contributed by atoms with Crippen LogP contribution in [0, 0.1) is 11.6 Å². The minimum Gasteiger partial charge on any atom is -0.487 e. The first-order chi connectivity index (χ1) is 13.7. The van der Waals surface area contributed by atoms with E-state index in [2.05, 4.69) is 15.2 Å². The Bertz CT molecular complexity index is 784. The van der Waals surface area contributed by atoms with Gasteiger partial charge in [-0.15, -0.1) is 11.3 Å². The summed E-state index contributed by atoms with van der Waals surface area (Å²) in [6.07, 6.45) is 0.577. The predicted octanol–water partition coefficient (Wildman–Crippen LogP) is 2.07. The highest BCUT2D eigenvalue weighted by molar-refractivity contribution is 7.14. The van der Waals surface area contributed by atoms with E-state index in [1.54, 1.807) is 5.38 Å². The van der Waals surface area contributed by atoms with E-state index in [1.165, 1.54) is 17.4 Å². The second-order valence-electron chi connectivity index (χ2n) is 5.89. The van der Waals surface area contributed by atoms with Crippen molar-refractivity contribution < 1.29 is 27.8 Å². The van der Waals surface area contributed by atoms with Gasteiger partial charge in [0.2, 0.25) is 12.2 Å². The first kappa shape index (κ1) is 20.4. The number of halogens is 2. The number of hydrogen-bond acceptors (Lipinski definition) is 7. The third-order valence-corrected chi connectivity index (χ3v) is 4.95. The summed E-state index contributed by atoms with van der Waals surface area (Å²) in [6.45, 7) is 3.63. The third-order valence-electron chi connectivity index (χ3n) is 4.05. The lowest BCUT2D eigenvalue weighted by atomic mass is 10.1. The van der Waals surface area contributed by atoms with Crippen molar-refractivity contribution in [2.45, 2.75) is 0 Å². The molecule has 1 aliphatic heterocycles. The van der Waals surface area contributed by atoms with E-state index < -0.39 is 11.6 Å². The predicted molar refractivity (Wildman–Crippen MR) is 101 cm³/mol. The largest absolute Gasteiger partial charge is 0.487 e. The van der Waals surface area contributed by atoms with Crippen molar-refractivity contribution in [2.24, 2.45) is 0 Å². The van der Waals surface area contributed by atoms with Crippen LogP contribution >= 0.6 is 11.3 Å². The van der Waals surface area contributed by atoms with Gasteiger partial charge in [-0.2, -0.15) is 4.39 Å². The molecule has 3 rings (SSSR count). The van der Waals surface area contributed by atoms with Crippen LogP contribution in [-0.2, 0) is 14.3 Å². The highest BCUT2D eigenvalue weighted by Gasteiger charge is 2.20. The summed E-state index contributed by atoms with van der Waals surface area (Å²) in [5.41, 5.74) is 0.911. The molecule has 10 heteroatoms. The van der Waals surface area contributed by atoms with Crippen molar-refractivity contribution in [3.63, 3.8) is 0 Å². The molecule has 0 atom stereocenters. The van der Waals surface area contributed by atoms with Crippen molar-refractivity contribution in [3.05, 3.63) is 29.1 Å². The standard InChI is InChI=1S/C18H21F2N3O4S/c19-14-2-1-13(15-11-28-18(22-15)23-4-7-26-8-5-23)17(16(14)20)27-10-9-25-6-3-21-12-24/h1-2,11-12H,3-10H2,(H,21,24). The summed E-state index contributed by atoms with van der Waals surface area (Å²) in [5, 5.41) is 5.06. The number of rotatable bonds is 10. The first-order valence-corrected chi connectivity index (χ1v) is 9.73. The maximum absolute atomic E-state index is 14.3. The number of nitrogens with one attached hydrogen (secondary N) is 1. The number of morpholine rings is 1. The Labute approximate surface area is 165 Å². The van der Waals surface area contributed by atoms with Gasteiger partial charge in [-0.05, 0) is 12.1 Å². The summed E-state index contributed by atoms with van der Waals surface area (Å²) >= 11 is 1.44. The van der Waals surface area contributed by atoms with Gasteiger partial charge < -0.3 is 24.4 Å². The molecule has 1 aromatic heterocycles. The average Bonchev–Trinajstić information content (AvgIpc) is 3.21. The molecule has 7 nitrogen and oxygen atoms in total. The summed E-state index contributed by atoms with van der Waals surface area (Å²) in [5.74, 6) is -2.23. The molecule has 0 aliphatic carbocycles. The maximum Gasteiger partial charge on any atom is 0.207 e. The molecule has 2 heterocycles. The van der Waals surface area contributed by atoms with E-state index in [0.29, 0.717) is 44.0 Å². The van der Waals surface area contributed by atoms with Crippen LogP contribution in [0.1, 0.15) is 0 Å². The van der Waals surface area contributed by atoms with E-state index in [9.17, 15) is 13.6 Å². The van der Waals surface area contributed by atoms with Gasteiger partial charge in [-0.3, -0.25) is 4.79 Å². The second-order valence-corrected chi connectivity index (χ2v) is 6.72. The minimum atomic E-state index is -1.05. The van der Waals surface area contributed by atoms with E-state index in [0.717, 1.165) is 24.3 Å². The fourth-order valence-corrected chi connectivity index (χ4v) is 3.54. The Morgan fingerprint density at radius 3 is 2.86 bits per heavy atom. The first-order valence-electron chi connectivity index (χ1n) is 8.85. The van der Waals surface area contributed by atoms with Gasteiger partial charge in [0.1, 0.15) is 6.61 Å². The van der Waals surface area contributed by atoms with Gasteiger partial charge in [-0.1, -0.05) is 0 Å². The third kappa shape index (κ3) is 5.15. The number of ether oxygens (including phenoxy) is 3. The maximum atomic E-state index is 14.3. The van der Waals surface area contributed by atoms with Gasteiger partial charge in [0, 0.05) is 30.6 Å². The number of hydrogen-bond donors (Lipinski definition) is 1. The molecular formula is C18H21F2N3O4S. The van der Waals surface area contributed by atoms with Gasteiger partial charge in [-0.25, -0.2) is 9.37 Å². The molecule has 0 bridgehead atoms. The molecule has 1 saturated heterocycles. The molecule has 0 unspecified atom stereocenters. The van der Waals surface area contributed by atoms with Crippen LogP contribution in [0.3, 0.4) is 0 Å². The van der Waals surface area contributed by atoms with Crippen LogP contribution in [0.15, 0.2) is 17.5 Å². The lowest BCUT2D eigenvalue weighted by molar-refractivity contribution is -0.109. The van der Waals surface area contributed by atoms with Crippen LogP contribution in [0.25, 0.3) is 11.3 Å². The molecule has 0 saturated carbocycles. The van der Waals surface area contributed by atoms with Crippen molar-refractivity contribution in [3.8, 4) is 17.0 Å². The lowest BCUT2D eigenvalue weighted by Gasteiger charge is -2.26. The number of benzene rings is 1. The van der Waals surface area contributed by atoms with E-state index in [-0.39, 0.29) is 19.0 Å². The molecule has 0 radical (unpaired) electrons. The summed E-state index contributed by atoms with van der Waals surface area (Å²) in [7, 11) is 0. The smallest absolute Gasteiger partial charge is 0.207 e. The van der Waals surface area contributed by atoms with Crippen molar-refractivity contribution in [1.29, 1.82) is 0 Å². The Morgan fingerprint density at radius 2 is 2.07 bits per heavy atom. The molecule has 0 spiro atoms. The summed E-state index contributed by atoms with van der Waals surface area (Å²) in [6, 6.07) is 2.52. The van der Waals surface area contributed by atoms with Crippen LogP contribution < -0.4 is 15.0 Å². The summed E-state index contributed by atoms with van der Waals surface area (Å²) in [4.78, 5) is 16.8. The van der Waals surface area contributed by atoms with E-state index in [4.69, 9.17) is 14.2 Å². The van der Waals surface area contributed by atoms with Crippen molar-refractivity contribution >= 4 is 22.9 Å². The molecule has 1 N–H and O–H groups in total. The zero-order valence-corrected chi connectivity index (χ0v) is 16.0. The quantitative estimate of drug-likeness (QED) is 0.475. The summed E-state index contributed by atoms with van der Waals surface area (Å²) < 4.78 is 44.1. The zero-order chi connectivity index (χ0) is 19.8. The number of amides is 1. The number of carbonyl (C=O) groups excluding carboxylic acids is 1. The van der Waals surface area contributed by atoms with Gasteiger partial charge in [0.25, 0.3) is 0 Å². The molecule has 1 aromatic carbocycles. The number of nitrogens with zero attached hydrogens (tertiary/aromatic N) is 2. The van der Waals surface area contributed by atoms with Gasteiger partial charge in [0.15, 0.2) is 16.7 Å². The van der Waals surface area contributed by atoms with Gasteiger partial charge >= 0.3 is 0 Å². The fraction of sp³-hybridized carbons (Fsp3) is 0.444. The van der Waals surface area contributed by atoms with Crippen LogP contribution in [0.2, 0.25) is 0 Å². The number of carbonyl (C=O) groups is 1. The number of thiazole rings is 1. The normalized spacial score (nSPS) is 14.1. The second kappa shape index (κ2) is 10.3. The number of anilines is 1. The molecule has 1 fully saturated rings. The Balaban J connectivity index is 1.68. The zero-order valence-electron chi connectivity index (χ0n) is 15.2. The minimum absolute atomic E-state index is 0.0366. The Hall–Kier alpha value is -2.30. The number of aromatic nitrogens is 1. The Kier molecular flexibility index (Phi) is 7.52. The van der Waals surface area contributed by atoms with E-state index >= 15 is 0 Å².